The quantitative estimate of drug-likeness (QED) is 0.159. The first kappa shape index (κ1) is 25.2. The van der Waals surface area contributed by atoms with Crippen LogP contribution in [0.2, 0.25) is 0 Å². The molecule has 0 spiro atoms. The molecular formula is C16H28N2O7S3. The van der Waals surface area contributed by atoms with Crippen LogP contribution < -0.4 is 10.6 Å². The fourth-order valence-corrected chi connectivity index (χ4v) is 6.09. The molecule has 0 radical (unpaired) electrons. The molecule has 1 aliphatic rings. The van der Waals surface area contributed by atoms with E-state index in [0.29, 0.717) is 11.7 Å². The molecule has 3 atom stereocenters. The third-order valence-electron chi connectivity index (χ3n) is 4.27. The summed E-state index contributed by atoms with van der Waals surface area (Å²) >= 11 is 0. The average molecular weight is 457 g/mol. The third kappa shape index (κ3) is 11.9. The Hall–Kier alpha value is -0.820. The lowest BCUT2D eigenvalue weighted by molar-refractivity contribution is -0.137. The van der Waals surface area contributed by atoms with Crippen LogP contribution in [0.4, 0.5) is 0 Å². The molecule has 0 aromatic heterocycles. The molecule has 9 nitrogen and oxygen atoms in total. The largest absolute Gasteiger partial charge is 0.481 e. The monoisotopic (exact) mass is 456 g/mol. The van der Waals surface area contributed by atoms with E-state index < -0.39 is 33.8 Å². The minimum Gasteiger partial charge on any atom is -0.481 e. The molecular weight excluding hydrogens is 428 g/mol. The number of aliphatic carboxylic acids is 1. The summed E-state index contributed by atoms with van der Waals surface area (Å²) in [5.74, 6) is -1.37. The predicted molar refractivity (Wildman–Crippen MR) is 110 cm³/mol. The van der Waals surface area contributed by atoms with Crippen LogP contribution in [0, 0.1) is 5.92 Å². The van der Waals surface area contributed by atoms with Crippen LogP contribution in [0.1, 0.15) is 38.5 Å². The Morgan fingerprint density at radius 3 is 2.61 bits per heavy atom. The Balaban J connectivity index is 2.44. The van der Waals surface area contributed by atoms with Crippen LogP contribution in [-0.4, -0.2) is 72.1 Å². The van der Waals surface area contributed by atoms with E-state index in [0.717, 1.165) is 24.9 Å². The molecule has 0 aromatic carbocycles. The molecule has 0 aliphatic carbocycles. The second kappa shape index (κ2) is 13.4. The van der Waals surface area contributed by atoms with Crippen LogP contribution in [0.25, 0.3) is 0 Å². The van der Waals surface area contributed by atoms with Gasteiger partial charge >= 0.3 is 5.97 Å². The van der Waals surface area contributed by atoms with E-state index in [1.807, 2.05) is 21.6 Å². The highest BCUT2D eigenvalue weighted by Gasteiger charge is 2.22. The number of nitrogens with one attached hydrogen (secondary N) is 2. The lowest BCUT2D eigenvalue weighted by Gasteiger charge is -2.20. The lowest BCUT2D eigenvalue weighted by atomic mass is 10.0. The lowest BCUT2D eigenvalue weighted by Crippen LogP contribution is -2.47. The summed E-state index contributed by atoms with van der Waals surface area (Å²) < 4.78 is 30.1. The first-order chi connectivity index (χ1) is 13.2. The van der Waals surface area contributed by atoms with Crippen molar-refractivity contribution in [3.8, 4) is 0 Å². The molecule has 1 rings (SSSR count). The molecule has 4 N–H and O–H groups in total. The fraction of sp³-hybridized carbons (Fsp3) is 0.812. The summed E-state index contributed by atoms with van der Waals surface area (Å²) in [6.45, 7) is -0.0385. The Bertz CT molecular complexity index is 609. The molecule has 12 heteroatoms. The van der Waals surface area contributed by atoms with Gasteiger partial charge in [0.1, 0.15) is 6.29 Å². The van der Waals surface area contributed by atoms with Crippen LogP contribution in [0.15, 0.2) is 0 Å². The van der Waals surface area contributed by atoms with Crippen LogP contribution >= 0.6 is 21.6 Å². The van der Waals surface area contributed by atoms with Gasteiger partial charge < -0.3 is 20.5 Å². The van der Waals surface area contributed by atoms with Crippen molar-refractivity contribution in [2.75, 3.05) is 24.6 Å². The molecule has 1 heterocycles. The van der Waals surface area contributed by atoms with E-state index in [2.05, 4.69) is 10.6 Å². The van der Waals surface area contributed by atoms with Gasteiger partial charge in [0, 0.05) is 36.4 Å². The Morgan fingerprint density at radius 1 is 1.29 bits per heavy atom. The summed E-state index contributed by atoms with van der Waals surface area (Å²) in [6.07, 6.45) is 4.42. The zero-order chi connectivity index (χ0) is 21.0. The Labute approximate surface area is 173 Å². The van der Waals surface area contributed by atoms with E-state index >= 15 is 0 Å². The molecule has 0 saturated carbocycles. The maximum Gasteiger partial charge on any atom is 0.303 e. The number of hydrogen-bond acceptors (Lipinski definition) is 8. The molecule has 1 aliphatic heterocycles. The van der Waals surface area contributed by atoms with Gasteiger partial charge in [-0.2, -0.15) is 8.42 Å². The molecule has 0 bridgehead atoms. The van der Waals surface area contributed by atoms with Gasteiger partial charge in [-0.3, -0.25) is 14.1 Å². The van der Waals surface area contributed by atoms with Crippen LogP contribution in [0.3, 0.4) is 0 Å². The van der Waals surface area contributed by atoms with Crippen molar-refractivity contribution < 1.29 is 32.5 Å². The van der Waals surface area contributed by atoms with Crippen molar-refractivity contribution in [2.24, 2.45) is 5.92 Å². The minimum absolute atomic E-state index is 0.00849. The molecule has 3 unspecified atom stereocenters. The van der Waals surface area contributed by atoms with E-state index in [4.69, 9.17) is 9.66 Å². The SMILES string of the molecule is O=CC(CCCC1CCSS1)CNC(CCC(=O)O)C(=O)NCCS(=O)(=O)O. The minimum atomic E-state index is -4.20. The molecule has 1 fully saturated rings. The number of carbonyl (C=O) groups excluding carboxylic acids is 2. The average Bonchev–Trinajstić information content (AvgIpc) is 3.12. The van der Waals surface area contributed by atoms with E-state index in [1.54, 1.807) is 0 Å². The topological polar surface area (TPSA) is 150 Å². The van der Waals surface area contributed by atoms with Crippen molar-refractivity contribution >= 4 is 49.9 Å². The Kier molecular flexibility index (Phi) is 12.1. The summed E-state index contributed by atoms with van der Waals surface area (Å²) in [5, 5.41) is 14.7. The highest BCUT2D eigenvalue weighted by atomic mass is 33.1. The zero-order valence-corrected chi connectivity index (χ0v) is 18.0. The normalized spacial score (nSPS) is 19.1. The number of rotatable bonds is 15. The smallest absolute Gasteiger partial charge is 0.303 e. The van der Waals surface area contributed by atoms with Crippen LogP contribution in [0.5, 0.6) is 0 Å². The number of aldehydes is 1. The molecule has 28 heavy (non-hydrogen) atoms. The number of carbonyl (C=O) groups is 3. The first-order valence-electron chi connectivity index (χ1n) is 9.13. The second-order valence-electron chi connectivity index (χ2n) is 6.63. The highest BCUT2D eigenvalue weighted by Crippen LogP contribution is 2.39. The third-order valence-corrected chi connectivity index (χ3v) is 8.00. The molecule has 1 saturated heterocycles. The summed E-state index contributed by atoms with van der Waals surface area (Å²) in [7, 11) is -0.442. The van der Waals surface area contributed by atoms with Gasteiger partial charge in [-0.1, -0.05) is 28.0 Å². The molecule has 1 amide bonds. The van der Waals surface area contributed by atoms with Gasteiger partial charge in [0.25, 0.3) is 10.1 Å². The maximum absolute atomic E-state index is 12.2. The van der Waals surface area contributed by atoms with Crippen molar-refractivity contribution in [1.82, 2.24) is 10.6 Å². The molecule has 162 valence electrons. The Morgan fingerprint density at radius 2 is 2.04 bits per heavy atom. The van der Waals surface area contributed by atoms with Gasteiger partial charge in [-0.15, -0.1) is 0 Å². The second-order valence-corrected chi connectivity index (χ2v) is 11.0. The van der Waals surface area contributed by atoms with Crippen molar-refractivity contribution in [2.45, 2.75) is 49.8 Å². The number of hydrogen-bond donors (Lipinski definition) is 4. The van der Waals surface area contributed by atoms with Crippen LogP contribution in [-0.2, 0) is 24.5 Å². The van der Waals surface area contributed by atoms with Crippen molar-refractivity contribution in [1.29, 1.82) is 0 Å². The standard InChI is InChI=1S/C16H28N2O7S3/c19-11-12(2-1-3-13-6-8-26-27-13)10-18-14(4-5-15(20)21)16(22)17-7-9-28(23,24)25/h11-14,18H,1-10H2,(H,17,22)(H,20,21)(H,23,24,25). The van der Waals surface area contributed by atoms with Crippen molar-refractivity contribution in [3.63, 3.8) is 0 Å². The number of carboxylic acid groups (broad SMARTS) is 1. The van der Waals surface area contributed by atoms with E-state index in [1.165, 1.54) is 6.42 Å². The summed E-state index contributed by atoms with van der Waals surface area (Å²) in [4.78, 5) is 34.3. The van der Waals surface area contributed by atoms with E-state index in [-0.39, 0.29) is 31.8 Å². The zero-order valence-electron chi connectivity index (χ0n) is 15.5. The summed E-state index contributed by atoms with van der Waals surface area (Å²) in [6, 6.07) is -0.860. The van der Waals surface area contributed by atoms with Gasteiger partial charge in [0.15, 0.2) is 0 Å². The fourth-order valence-electron chi connectivity index (χ4n) is 2.70. The molecule has 0 aromatic rings. The van der Waals surface area contributed by atoms with Gasteiger partial charge in [0.05, 0.1) is 11.8 Å². The number of amides is 1. The van der Waals surface area contributed by atoms with Gasteiger partial charge in [-0.05, 0) is 25.7 Å². The summed E-state index contributed by atoms with van der Waals surface area (Å²) in [5.41, 5.74) is 0. The van der Waals surface area contributed by atoms with Crippen molar-refractivity contribution in [3.05, 3.63) is 0 Å². The first-order valence-corrected chi connectivity index (χ1v) is 13.1. The van der Waals surface area contributed by atoms with Gasteiger partial charge in [0.2, 0.25) is 5.91 Å². The van der Waals surface area contributed by atoms with E-state index in [9.17, 15) is 22.8 Å². The number of carboxylic acids is 1. The maximum atomic E-state index is 12.2. The predicted octanol–water partition coefficient (Wildman–Crippen LogP) is 0.953. The van der Waals surface area contributed by atoms with Gasteiger partial charge in [-0.25, -0.2) is 0 Å². The highest BCUT2D eigenvalue weighted by molar-refractivity contribution is 8.77.